The number of hydrogen-bond donors (Lipinski definition) is 2. The molecule has 1 saturated carbocycles. The monoisotopic (exact) mass is 254 g/mol. The molecule has 4 heteroatoms. The molecule has 0 bridgehead atoms. The molecule has 0 atom stereocenters. The van der Waals surface area contributed by atoms with E-state index in [2.05, 4.69) is 17.6 Å². The van der Waals surface area contributed by atoms with Crippen LogP contribution in [0.3, 0.4) is 0 Å². The topological polar surface area (TPSA) is 58.2 Å². The van der Waals surface area contributed by atoms with Crippen LogP contribution in [0.4, 0.5) is 0 Å². The van der Waals surface area contributed by atoms with Crippen LogP contribution in [0.15, 0.2) is 0 Å². The van der Waals surface area contributed by atoms with Crippen LogP contribution in [-0.2, 0) is 9.59 Å². The number of nitrogens with one attached hydrogen (secondary N) is 2. The van der Waals surface area contributed by atoms with Gasteiger partial charge in [-0.3, -0.25) is 9.59 Å². The quantitative estimate of drug-likeness (QED) is 0.513. The fourth-order valence-electron chi connectivity index (χ4n) is 1.89. The summed E-state index contributed by atoms with van der Waals surface area (Å²) in [5.41, 5.74) is -0.749. The van der Waals surface area contributed by atoms with Gasteiger partial charge in [0, 0.05) is 13.1 Å². The van der Waals surface area contributed by atoms with Crippen molar-refractivity contribution in [3.63, 3.8) is 0 Å². The van der Waals surface area contributed by atoms with Gasteiger partial charge in [-0.15, -0.1) is 0 Å². The lowest BCUT2D eigenvalue weighted by Crippen LogP contribution is -2.44. The fourth-order valence-corrected chi connectivity index (χ4v) is 1.89. The maximum atomic E-state index is 12.0. The smallest absolute Gasteiger partial charge is 0.235 e. The van der Waals surface area contributed by atoms with Crippen LogP contribution in [0.25, 0.3) is 0 Å². The van der Waals surface area contributed by atoms with Gasteiger partial charge in [0.2, 0.25) is 11.8 Å². The lowest BCUT2D eigenvalue weighted by Gasteiger charge is -2.16. The largest absolute Gasteiger partial charge is 0.355 e. The number of carbonyl (C=O) groups excluding carboxylic acids is 2. The Morgan fingerprint density at radius 3 is 2.22 bits per heavy atom. The van der Waals surface area contributed by atoms with Crippen molar-refractivity contribution in [2.24, 2.45) is 11.3 Å². The summed E-state index contributed by atoms with van der Waals surface area (Å²) in [7, 11) is 0. The van der Waals surface area contributed by atoms with Crippen LogP contribution < -0.4 is 10.6 Å². The van der Waals surface area contributed by atoms with Crippen molar-refractivity contribution >= 4 is 11.8 Å². The molecule has 1 fully saturated rings. The standard InChI is InChI=1S/C14H26N2O2/c1-4-5-6-9-15-12(17)14(7-8-14)13(18)16-10-11(2)3/h11H,4-10H2,1-3H3,(H,15,17)(H,16,18). The molecule has 0 unspecified atom stereocenters. The minimum atomic E-state index is -0.749. The van der Waals surface area contributed by atoms with E-state index >= 15 is 0 Å². The lowest BCUT2D eigenvalue weighted by molar-refractivity contribution is -0.137. The predicted octanol–water partition coefficient (Wildman–Crippen LogP) is 1.85. The zero-order valence-corrected chi connectivity index (χ0v) is 11.8. The molecule has 4 nitrogen and oxygen atoms in total. The maximum Gasteiger partial charge on any atom is 0.235 e. The minimum absolute atomic E-state index is 0.0835. The normalized spacial score (nSPS) is 16.4. The molecule has 0 heterocycles. The second kappa shape index (κ2) is 6.76. The Morgan fingerprint density at radius 2 is 1.72 bits per heavy atom. The van der Waals surface area contributed by atoms with E-state index < -0.39 is 5.41 Å². The minimum Gasteiger partial charge on any atom is -0.355 e. The van der Waals surface area contributed by atoms with Gasteiger partial charge in [-0.05, 0) is 25.2 Å². The van der Waals surface area contributed by atoms with Crippen LogP contribution in [0.5, 0.6) is 0 Å². The summed E-state index contributed by atoms with van der Waals surface area (Å²) < 4.78 is 0. The van der Waals surface area contributed by atoms with Crippen molar-refractivity contribution in [2.45, 2.75) is 52.9 Å². The molecule has 0 aromatic carbocycles. The van der Waals surface area contributed by atoms with Gasteiger partial charge in [-0.2, -0.15) is 0 Å². The van der Waals surface area contributed by atoms with Crippen LogP contribution in [0.2, 0.25) is 0 Å². The second-order valence-corrected chi connectivity index (χ2v) is 5.65. The van der Waals surface area contributed by atoms with Gasteiger partial charge in [-0.25, -0.2) is 0 Å². The maximum absolute atomic E-state index is 12.0. The molecule has 1 aliphatic rings. The van der Waals surface area contributed by atoms with Gasteiger partial charge in [0.1, 0.15) is 5.41 Å². The highest BCUT2D eigenvalue weighted by Gasteiger charge is 2.56. The summed E-state index contributed by atoms with van der Waals surface area (Å²) in [5.74, 6) is 0.237. The van der Waals surface area contributed by atoms with Gasteiger partial charge >= 0.3 is 0 Å². The third kappa shape index (κ3) is 4.00. The summed E-state index contributed by atoms with van der Waals surface area (Å²) in [4.78, 5) is 24.0. The SMILES string of the molecule is CCCCCNC(=O)C1(C(=O)NCC(C)C)CC1. The highest BCUT2D eigenvalue weighted by Crippen LogP contribution is 2.46. The molecule has 0 spiro atoms. The Hall–Kier alpha value is -1.06. The molecule has 0 aliphatic heterocycles. The second-order valence-electron chi connectivity index (χ2n) is 5.65. The van der Waals surface area contributed by atoms with Crippen LogP contribution in [0, 0.1) is 11.3 Å². The number of rotatable bonds is 8. The average molecular weight is 254 g/mol. The van der Waals surface area contributed by atoms with E-state index in [1.807, 2.05) is 13.8 Å². The first-order chi connectivity index (χ1) is 8.53. The van der Waals surface area contributed by atoms with Crippen LogP contribution in [0.1, 0.15) is 52.9 Å². The van der Waals surface area contributed by atoms with Crippen molar-refractivity contribution < 1.29 is 9.59 Å². The first-order valence-electron chi connectivity index (χ1n) is 7.09. The van der Waals surface area contributed by atoms with E-state index in [4.69, 9.17) is 0 Å². The van der Waals surface area contributed by atoms with E-state index in [0.29, 0.717) is 31.8 Å². The Morgan fingerprint density at radius 1 is 1.11 bits per heavy atom. The van der Waals surface area contributed by atoms with Crippen molar-refractivity contribution in [1.29, 1.82) is 0 Å². The van der Waals surface area contributed by atoms with Crippen molar-refractivity contribution in [3.8, 4) is 0 Å². The number of carbonyl (C=O) groups is 2. The number of amides is 2. The zero-order chi connectivity index (χ0) is 13.6. The highest BCUT2D eigenvalue weighted by atomic mass is 16.2. The molecule has 0 aromatic rings. The number of unbranched alkanes of at least 4 members (excludes halogenated alkanes) is 2. The highest BCUT2D eigenvalue weighted by molar-refractivity contribution is 6.07. The predicted molar refractivity (Wildman–Crippen MR) is 72.0 cm³/mol. The first-order valence-corrected chi connectivity index (χ1v) is 7.09. The molecule has 2 N–H and O–H groups in total. The molecule has 0 saturated heterocycles. The van der Waals surface area contributed by atoms with Gasteiger partial charge in [0.15, 0.2) is 0 Å². The van der Waals surface area contributed by atoms with Crippen LogP contribution >= 0.6 is 0 Å². The lowest BCUT2D eigenvalue weighted by atomic mass is 10.0. The molecule has 104 valence electrons. The van der Waals surface area contributed by atoms with E-state index in [-0.39, 0.29) is 11.8 Å². The fraction of sp³-hybridized carbons (Fsp3) is 0.857. The molecule has 18 heavy (non-hydrogen) atoms. The Balaban J connectivity index is 2.34. The summed E-state index contributed by atoms with van der Waals surface area (Å²) in [6, 6.07) is 0. The Kier molecular flexibility index (Phi) is 5.63. The molecule has 2 amide bonds. The molecule has 0 radical (unpaired) electrons. The summed E-state index contributed by atoms with van der Waals surface area (Å²) >= 11 is 0. The van der Waals surface area contributed by atoms with E-state index in [1.54, 1.807) is 0 Å². The molecule has 1 rings (SSSR count). The van der Waals surface area contributed by atoms with Crippen molar-refractivity contribution in [2.75, 3.05) is 13.1 Å². The summed E-state index contributed by atoms with van der Waals surface area (Å²) in [6.45, 7) is 7.55. The number of hydrogen-bond acceptors (Lipinski definition) is 2. The zero-order valence-electron chi connectivity index (χ0n) is 11.8. The summed E-state index contributed by atoms with van der Waals surface area (Å²) in [6.07, 6.45) is 4.63. The van der Waals surface area contributed by atoms with Crippen LogP contribution in [-0.4, -0.2) is 24.9 Å². The Bertz CT molecular complexity index is 296. The van der Waals surface area contributed by atoms with Gasteiger partial charge < -0.3 is 10.6 Å². The average Bonchev–Trinajstić information content (AvgIpc) is 3.12. The third-order valence-electron chi connectivity index (χ3n) is 3.36. The third-order valence-corrected chi connectivity index (χ3v) is 3.36. The van der Waals surface area contributed by atoms with E-state index in [9.17, 15) is 9.59 Å². The molecular formula is C14H26N2O2. The van der Waals surface area contributed by atoms with E-state index in [1.165, 1.54) is 0 Å². The summed E-state index contributed by atoms with van der Waals surface area (Å²) in [5, 5.41) is 5.76. The van der Waals surface area contributed by atoms with Crippen molar-refractivity contribution in [1.82, 2.24) is 10.6 Å². The molecular weight excluding hydrogens is 228 g/mol. The molecule has 0 aromatic heterocycles. The van der Waals surface area contributed by atoms with Gasteiger partial charge in [-0.1, -0.05) is 33.6 Å². The van der Waals surface area contributed by atoms with E-state index in [0.717, 1.165) is 19.3 Å². The van der Waals surface area contributed by atoms with Gasteiger partial charge in [0.25, 0.3) is 0 Å². The first kappa shape index (κ1) is 15.0. The molecule has 1 aliphatic carbocycles. The Labute approximate surface area is 110 Å². The van der Waals surface area contributed by atoms with Gasteiger partial charge in [0.05, 0.1) is 0 Å². The van der Waals surface area contributed by atoms with Crippen molar-refractivity contribution in [3.05, 3.63) is 0 Å².